The molecule has 0 saturated carbocycles. The number of aromatic nitrogens is 3. The van der Waals surface area contributed by atoms with Crippen molar-refractivity contribution >= 4 is 17.6 Å². The van der Waals surface area contributed by atoms with Crippen LogP contribution in [-0.2, 0) is 23.6 Å². The van der Waals surface area contributed by atoms with E-state index in [1.807, 2.05) is 19.1 Å². The number of carboxylic acid groups (broad SMARTS) is 1. The Hall–Kier alpha value is -3.93. The zero-order chi connectivity index (χ0) is 30.6. The number of oxazole rings is 1. The van der Waals surface area contributed by atoms with E-state index in [1.54, 1.807) is 19.1 Å². The van der Waals surface area contributed by atoms with Gasteiger partial charge in [0, 0.05) is 29.8 Å². The second-order valence-electron chi connectivity index (χ2n) is 11.7. The molecule has 3 aliphatic rings. The van der Waals surface area contributed by atoms with Gasteiger partial charge in [0.25, 0.3) is 5.79 Å². The number of aromatic carboxylic acids is 1. The number of halogens is 2. The van der Waals surface area contributed by atoms with Crippen LogP contribution in [0.3, 0.4) is 0 Å². The largest absolute Gasteiger partial charge is 0.476 e. The highest BCUT2D eigenvalue weighted by Gasteiger charge is 2.43. The first-order chi connectivity index (χ1) is 21.2. The fraction of sp³-hybridized carbons (Fsp3) is 0.406. The van der Waals surface area contributed by atoms with Crippen molar-refractivity contribution in [2.45, 2.75) is 64.0 Å². The smallest absolute Gasteiger partial charge is 0.357 e. The third kappa shape index (κ3) is 5.22. The average Bonchev–Trinajstić information content (AvgIpc) is 3.67. The van der Waals surface area contributed by atoms with Crippen LogP contribution in [0.2, 0.25) is 5.02 Å². The summed E-state index contributed by atoms with van der Waals surface area (Å²) < 4.78 is 40.7. The van der Waals surface area contributed by atoms with Gasteiger partial charge >= 0.3 is 5.97 Å². The van der Waals surface area contributed by atoms with Gasteiger partial charge < -0.3 is 28.3 Å². The number of fused-ring (bicyclic) bond motifs is 1. The van der Waals surface area contributed by atoms with E-state index in [2.05, 4.69) is 20.5 Å². The predicted octanol–water partition coefficient (Wildman–Crippen LogP) is 6.15. The zero-order valence-electron chi connectivity index (χ0n) is 24.4. The van der Waals surface area contributed by atoms with E-state index in [0.29, 0.717) is 40.9 Å². The van der Waals surface area contributed by atoms with Crippen molar-refractivity contribution in [3.63, 3.8) is 0 Å². The van der Waals surface area contributed by atoms with Crippen LogP contribution in [0.25, 0.3) is 11.6 Å². The molecule has 0 bridgehead atoms. The lowest BCUT2D eigenvalue weighted by molar-refractivity contribution is -0.0712. The molecule has 10 nitrogen and oxygen atoms in total. The van der Waals surface area contributed by atoms with Crippen LogP contribution in [-0.4, -0.2) is 56.3 Å². The van der Waals surface area contributed by atoms with E-state index in [0.717, 1.165) is 62.3 Å². The third-order valence-electron chi connectivity index (χ3n) is 8.83. The van der Waals surface area contributed by atoms with Gasteiger partial charge in [-0.1, -0.05) is 23.7 Å². The molecule has 2 aromatic heterocycles. The van der Waals surface area contributed by atoms with Crippen LogP contribution >= 0.6 is 11.6 Å². The topological polar surface area (TPSA) is 112 Å². The Morgan fingerprint density at radius 3 is 2.64 bits per heavy atom. The minimum Gasteiger partial charge on any atom is -0.476 e. The maximum Gasteiger partial charge on any atom is 0.357 e. The van der Waals surface area contributed by atoms with Gasteiger partial charge in [-0.2, -0.15) is 0 Å². The summed E-state index contributed by atoms with van der Waals surface area (Å²) in [6.07, 6.45) is 4.03. The molecule has 1 N–H and O–H groups in total. The molecule has 0 aliphatic carbocycles. The SMILES string of the molecule is Cc1c(-c2nc(C(=O)O)co2)nc(CN2CCC(c3cccc4c3O[C@@](C)(c3ccc(Cl)cc3F)O4)CC2)n1C[C@@H]1CCO1. The van der Waals surface area contributed by atoms with Crippen LogP contribution in [0, 0.1) is 12.7 Å². The summed E-state index contributed by atoms with van der Waals surface area (Å²) in [6.45, 7) is 7.37. The molecule has 2 fully saturated rings. The molecular weight excluding hydrogens is 591 g/mol. The Labute approximate surface area is 258 Å². The molecule has 0 amide bonds. The molecule has 0 unspecified atom stereocenters. The number of piperidine rings is 1. The van der Waals surface area contributed by atoms with Gasteiger partial charge in [-0.25, -0.2) is 19.2 Å². The number of hydrogen-bond acceptors (Lipinski definition) is 8. The molecule has 2 atom stereocenters. The summed E-state index contributed by atoms with van der Waals surface area (Å²) in [7, 11) is 0. The highest BCUT2D eigenvalue weighted by Crippen LogP contribution is 2.50. The van der Waals surface area contributed by atoms with Gasteiger partial charge in [0.15, 0.2) is 17.2 Å². The van der Waals surface area contributed by atoms with E-state index >= 15 is 0 Å². The fourth-order valence-corrected chi connectivity index (χ4v) is 6.47. The first kappa shape index (κ1) is 28.8. The van der Waals surface area contributed by atoms with Crippen molar-refractivity contribution < 1.29 is 32.9 Å². The summed E-state index contributed by atoms with van der Waals surface area (Å²) in [5, 5.41) is 9.61. The molecule has 7 rings (SSSR count). The first-order valence-electron chi connectivity index (χ1n) is 14.7. The number of benzene rings is 2. The van der Waals surface area contributed by atoms with Gasteiger partial charge in [-0.05, 0) is 69.5 Å². The molecule has 0 radical (unpaired) electrons. The number of carbonyl (C=O) groups is 1. The number of carboxylic acids is 1. The van der Waals surface area contributed by atoms with Crippen LogP contribution in [0.5, 0.6) is 11.5 Å². The second kappa shape index (κ2) is 11.2. The van der Waals surface area contributed by atoms with Gasteiger partial charge in [-0.15, -0.1) is 0 Å². The normalized spacial score (nSPS) is 21.9. The molecule has 4 aromatic rings. The standard InChI is InChI=1S/C32H32ClFN4O6/c1-18-28(30-35-25(17-42-30)31(39)40)36-27(38(18)15-21-10-13-41-21)16-37-11-8-19(9-12-37)22-4-3-5-26-29(22)44-32(2,43-26)23-7-6-20(33)14-24(23)34/h3-7,14,17,19,21H,8-13,15-16H2,1-2H3,(H,39,40)/t21-,32-/m0/s1. The van der Waals surface area contributed by atoms with E-state index in [-0.39, 0.29) is 23.6 Å². The molecule has 2 aromatic carbocycles. The van der Waals surface area contributed by atoms with Gasteiger partial charge in [0.1, 0.15) is 23.6 Å². The highest BCUT2D eigenvalue weighted by atomic mass is 35.5. The highest BCUT2D eigenvalue weighted by molar-refractivity contribution is 6.30. The molecule has 12 heteroatoms. The van der Waals surface area contributed by atoms with Crippen molar-refractivity contribution in [1.82, 2.24) is 19.4 Å². The van der Waals surface area contributed by atoms with Crippen LogP contribution in [0.1, 0.15) is 65.2 Å². The zero-order valence-corrected chi connectivity index (χ0v) is 25.1. The summed E-state index contributed by atoms with van der Waals surface area (Å²) in [4.78, 5) is 22.7. The Kier molecular flexibility index (Phi) is 7.34. The number of ether oxygens (including phenoxy) is 3. The van der Waals surface area contributed by atoms with Crippen molar-refractivity contribution in [1.29, 1.82) is 0 Å². The number of para-hydroxylation sites is 1. The Balaban J connectivity index is 1.07. The molecule has 230 valence electrons. The number of likely N-dealkylation sites (tertiary alicyclic amines) is 1. The number of imidazole rings is 1. The lowest BCUT2D eigenvalue weighted by atomic mass is 9.88. The number of nitrogens with zero attached hydrogens (tertiary/aromatic N) is 4. The molecular formula is C32H32ClFN4O6. The summed E-state index contributed by atoms with van der Waals surface area (Å²) in [5.41, 5.74) is 2.60. The third-order valence-corrected chi connectivity index (χ3v) is 9.06. The summed E-state index contributed by atoms with van der Waals surface area (Å²) in [6, 6.07) is 10.4. The van der Waals surface area contributed by atoms with Crippen LogP contribution < -0.4 is 9.47 Å². The van der Waals surface area contributed by atoms with Crippen molar-refractivity contribution in [3.05, 3.63) is 81.8 Å². The van der Waals surface area contributed by atoms with Crippen molar-refractivity contribution in [2.75, 3.05) is 19.7 Å². The van der Waals surface area contributed by atoms with E-state index < -0.39 is 17.6 Å². The second-order valence-corrected chi connectivity index (χ2v) is 12.1. The van der Waals surface area contributed by atoms with Crippen LogP contribution in [0.4, 0.5) is 4.39 Å². The first-order valence-corrected chi connectivity index (χ1v) is 15.1. The number of hydrogen-bond donors (Lipinski definition) is 1. The van der Waals surface area contributed by atoms with E-state index in [4.69, 9.17) is 35.2 Å². The van der Waals surface area contributed by atoms with E-state index in [9.17, 15) is 14.3 Å². The van der Waals surface area contributed by atoms with E-state index in [1.165, 1.54) is 6.07 Å². The van der Waals surface area contributed by atoms with Crippen molar-refractivity contribution in [3.8, 4) is 23.1 Å². The molecule has 3 aliphatic heterocycles. The molecule has 44 heavy (non-hydrogen) atoms. The number of rotatable bonds is 8. The molecule has 5 heterocycles. The summed E-state index contributed by atoms with van der Waals surface area (Å²) >= 11 is 5.97. The monoisotopic (exact) mass is 622 g/mol. The maximum atomic E-state index is 14.8. The van der Waals surface area contributed by atoms with Gasteiger partial charge in [0.2, 0.25) is 5.89 Å². The van der Waals surface area contributed by atoms with Gasteiger partial charge in [0.05, 0.1) is 24.8 Å². The lowest BCUT2D eigenvalue weighted by Gasteiger charge is -2.33. The molecule has 0 spiro atoms. The Bertz CT molecular complexity index is 1730. The maximum absolute atomic E-state index is 14.8. The minimum absolute atomic E-state index is 0.119. The fourth-order valence-electron chi connectivity index (χ4n) is 6.31. The average molecular weight is 623 g/mol. The Morgan fingerprint density at radius 1 is 1.16 bits per heavy atom. The van der Waals surface area contributed by atoms with Crippen LogP contribution in [0.15, 0.2) is 47.1 Å². The molecule has 2 saturated heterocycles. The lowest BCUT2D eigenvalue weighted by Crippen LogP contribution is -2.35. The quantitative estimate of drug-likeness (QED) is 0.247. The van der Waals surface area contributed by atoms with Gasteiger partial charge in [-0.3, -0.25) is 4.90 Å². The Morgan fingerprint density at radius 2 is 1.95 bits per heavy atom. The van der Waals surface area contributed by atoms with Crippen molar-refractivity contribution in [2.24, 2.45) is 0 Å². The minimum atomic E-state index is -1.29. The summed E-state index contributed by atoms with van der Waals surface area (Å²) in [5.74, 6) is -0.367. The predicted molar refractivity (Wildman–Crippen MR) is 157 cm³/mol.